The normalized spacial score (nSPS) is 16.4. The van der Waals surface area contributed by atoms with Gasteiger partial charge in [-0.3, -0.25) is 9.58 Å². The minimum Gasteiger partial charge on any atom is -0.368 e. The Balaban J connectivity index is 1.27. The van der Waals surface area contributed by atoms with E-state index in [0.717, 1.165) is 48.6 Å². The Labute approximate surface area is 262 Å². The molecule has 1 fully saturated rings. The van der Waals surface area contributed by atoms with Crippen LogP contribution < -0.4 is 20.9 Å². The first-order valence-electron chi connectivity index (χ1n) is 14.7. The van der Waals surface area contributed by atoms with E-state index in [0.29, 0.717) is 18.3 Å². The van der Waals surface area contributed by atoms with Crippen molar-refractivity contribution < 1.29 is 13.2 Å². The van der Waals surface area contributed by atoms with Crippen molar-refractivity contribution >= 4 is 33.5 Å². The molecule has 1 aromatic carbocycles. The summed E-state index contributed by atoms with van der Waals surface area (Å²) >= 11 is 0. The fourth-order valence-corrected chi connectivity index (χ4v) is 5.74. The van der Waals surface area contributed by atoms with Crippen LogP contribution in [0.4, 0.5) is 22.4 Å². The van der Waals surface area contributed by atoms with Gasteiger partial charge in [0.2, 0.25) is 5.95 Å². The standard InChI is InChI=1S/C31H36N10O3S/c1-40-21-25(20-37-40)23-8-13-28(34-18-23)41(31(42)36-17-22-6-4-3-5-7-22)27-11-9-26(10-12-27)38-30-35-19-24(16-32)29(39-30)33-14-15-45(2,43)44/h3-8,13,18-21,26-27H,9-12,14-15,17H2,1-2H3,(H,36,42)(H2,33,35,38,39). The molecule has 3 aromatic heterocycles. The maximum atomic E-state index is 13.6. The van der Waals surface area contributed by atoms with E-state index in [1.54, 1.807) is 22.0 Å². The van der Waals surface area contributed by atoms with E-state index in [1.165, 1.54) is 6.20 Å². The summed E-state index contributed by atoms with van der Waals surface area (Å²) in [6, 6.07) is 15.4. The van der Waals surface area contributed by atoms with E-state index in [4.69, 9.17) is 0 Å². The van der Waals surface area contributed by atoms with Crippen molar-refractivity contribution in [2.24, 2.45) is 7.05 Å². The van der Waals surface area contributed by atoms with Crippen molar-refractivity contribution in [2.45, 2.75) is 44.3 Å². The van der Waals surface area contributed by atoms with Crippen molar-refractivity contribution in [3.63, 3.8) is 0 Å². The monoisotopic (exact) mass is 628 g/mol. The summed E-state index contributed by atoms with van der Waals surface area (Å²) in [6.07, 6.45) is 11.0. The predicted octanol–water partition coefficient (Wildman–Crippen LogP) is 3.74. The van der Waals surface area contributed by atoms with Gasteiger partial charge in [-0.25, -0.2) is 23.2 Å². The van der Waals surface area contributed by atoms with E-state index < -0.39 is 9.84 Å². The van der Waals surface area contributed by atoms with Crippen LogP contribution in [0, 0.1) is 11.3 Å². The van der Waals surface area contributed by atoms with Gasteiger partial charge in [-0.1, -0.05) is 30.3 Å². The zero-order valence-corrected chi connectivity index (χ0v) is 26.0. The summed E-state index contributed by atoms with van der Waals surface area (Å²) in [5.74, 6) is 1.13. The van der Waals surface area contributed by atoms with Crippen LogP contribution in [0.15, 0.2) is 67.3 Å². The molecule has 3 heterocycles. The number of aryl methyl sites for hydroxylation is 1. The van der Waals surface area contributed by atoms with Gasteiger partial charge in [-0.15, -0.1) is 0 Å². The average Bonchev–Trinajstić information content (AvgIpc) is 3.47. The van der Waals surface area contributed by atoms with Gasteiger partial charge in [0.1, 0.15) is 33.1 Å². The molecule has 45 heavy (non-hydrogen) atoms. The molecule has 5 rings (SSSR count). The predicted molar refractivity (Wildman–Crippen MR) is 172 cm³/mol. The van der Waals surface area contributed by atoms with E-state index in [1.807, 2.05) is 61.8 Å². The zero-order valence-electron chi connectivity index (χ0n) is 25.2. The number of anilines is 3. The summed E-state index contributed by atoms with van der Waals surface area (Å²) in [5.41, 5.74) is 3.10. The molecule has 1 saturated carbocycles. The van der Waals surface area contributed by atoms with Crippen LogP contribution in [0.1, 0.15) is 36.8 Å². The van der Waals surface area contributed by atoms with Crippen LogP contribution in [-0.2, 0) is 23.4 Å². The smallest absolute Gasteiger partial charge is 0.323 e. The zero-order chi connectivity index (χ0) is 31.8. The van der Waals surface area contributed by atoms with Crippen molar-refractivity contribution in [1.82, 2.24) is 30.0 Å². The second-order valence-corrected chi connectivity index (χ2v) is 13.4. The number of amides is 2. The van der Waals surface area contributed by atoms with Gasteiger partial charge in [-0.2, -0.15) is 15.3 Å². The van der Waals surface area contributed by atoms with Crippen LogP contribution in [0.25, 0.3) is 11.1 Å². The highest BCUT2D eigenvalue weighted by Crippen LogP contribution is 2.29. The number of sulfone groups is 1. The largest absolute Gasteiger partial charge is 0.368 e. The number of nitrogens with zero attached hydrogens (tertiary/aromatic N) is 7. The van der Waals surface area contributed by atoms with Crippen molar-refractivity contribution in [3.05, 3.63) is 78.4 Å². The molecule has 13 nitrogen and oxygen atoms in total. The molecule has 2 amide bonds. The molecule has 3 N–H and O–H groups in total. The molecule has 0 saturated heterocycles. The highest BCUT2D eigenvalue weighted by atomic mass is 32.2. The number of nitriles is 1. The van der Waals surface area contributed by atoms with E-state index >= 15 is 0 Å². The van der Waals surface area contributed by atoms with Crippen LogP contribution >= 0.6 is 0 Å². The molecule has 0 atom stereocenters. The maximum Gasteiger partial charge on any atom is 0.323 e. The Bertz CT molecular complexity index is 1750. The van der Waals surface area contributed by atoms with E-state index in [2.05, 4.69) is 36.0 Å². The number of aromatic nitrogens is 5. The fraction of sp³-hybridized carbons (Fsp3) is 0.355. The lowest BCUT2D eigenvalue weighted by atomic mass is 9.90. The molecule has 0 radical (unpaired) electrons. The second-order valence-electron chi connectivity index (χ2n) is 11.1. The Morgan fingerprint density at radius 2 is 1.82 bits per heavy atom. The van der Waals surface area contributed by atoms with Gasteiger partial charge in [-0.05, 0) is 43.4 Å². The number of hydrogen-bond acceptors (Lipinski definition) is 10. The van der Waals surface area contributed by atoms with Crippen molar-refractivity contribution in [2.75, 3.05) is 34.1 Å². The molecule has 234 valence electrons. The first kappa shape index (κ1) is 31.4. The van der Waals surface area contributed by atoms with Crippen LogP contribution in [-0.4, -0.2) is 69.8 Å². The van der Waals surface area contributed by atoms with Gasteiger partial charge in [0.25, 0.3) is 0 Å². The number of hydrogen-bond donors (Lipinski definition) is 3. The van der Waals surface area contributed by atoms with E-state index in [-0.39, 0.29) is 41.8 Å². The third kappa shape index (κ3) is 8.54. The Morgan fingerprint density at radius 3 is 2.47 bits per heavy atom. The Kier molecular flexibility index (Phi) is 9.89. The van der Waals surface area contributed by atoms with Crippen LogP contribution in [0.5, 0.6) is 0 Å². The average molecular weight is 629 g/mol. The number of urea groups is 1. The van der Waals surface area contributed by atoms with Crippen LogP contribution in [0.2, 0.25) is 0 Å². The first-order chi connectivity index (χ1) is 21.7. The molecule has 0 aliphatic heterocycles. The second kappa shape index (κ2) is 14.2. The molecule has 1 aliphatic carbocycles. The Morgan fingerprint density at radius 1 is 1.04 bits per heavy atom. The number of carbonyl (C=O) groups excluding carboxylic acids is 1. The lowest BCUT2D eigenvalue weighted by Crippen LogP contribution is -2.49. The summed E-state index contributed by atoms with van der Waals surface area (Å²) < 4.78 is 24.7. The number of nitrogens with one attached hydrogen (secondary N) is 3. The molecule has 1 aliphatic rings. The third-order valence-corrected chi connectivity index (χ3v) is 8.55. The molecule has 0 spiro atoms. The van der Waals surface area contributed by atoms with Gasteiger partial charge in [0, 0.05) is 62.0 Å². The van der Waals surface area contributed by atoms with Gasteiger partial charge >= 0.3 is 6.03 Å². The van der Waals surface area contributed by atoms with Gasteiger partial charge < -0.3 is 16.0 Å². The van der Waals surface area contributed by atoms with Gasteiger partial charge in [0.15, 0.2) is 0 Å². The summed E-state index contributed by atoms with van der Waals surface area (Å²) in [5, 5.41) is 23.0. The number of rotatable bonds is 11. The molecular formula is C31H36N10O3S. The number of carbonyl (C=O) groups is 1. The van der Waals surface area contributed by atoms with Crippen molar-refractivity contribution in [1.29, 1.82) is 5.26 Å². The minimum atomic E-state index is -3.16. The minimum absolute atomic E-state index is 0.0493. The Hall–Kier alpha value is -5.03. The molecule has 14 heteroatoms. The third-order valence-electron chi connectivity index (χ3n) is 7.61. The topological polar surface area (TPSA) is 171 Å². The van der Waals surface area contributed by atoms with Crippen molar-refractivity contribution in [3.8, 4) is 17.2 Å². The summed E-state index contributed by atoms with van der Waals surface area (Å²) in [4.78, 5) is 28.8. The quantitative estimate of drug-likeness (QED) is 0.222. The van der Waals surface area contributed by atoms with Gasteiger partial charge in [0.05, 0.1) is 18.1 Å². The SMILES string of the molecule is Cn1cc(-c2ccc(N(C(=O)NCc3ccccc3)C3CCC(Nc4ncc(C#N)c(NCCS(C)(=O)=O)n4)CC3)nc2)cn1. The lowest BCUT2D eigenvalue weighted by molar-refractivity contribution is 0.240. The first-order valence-corrected chi connectivity index (χ1v) is 16.8. The maximum absolute atomic E-state index is 13.6. The molecular weight excluding hydrogens is 592 g/mol. The molecule has 0 bridgehead atoms. The lowest BCUT2D eigenvalue weighted by Gasteiger charge is -2.36. The van der Waals surface area contributed by atoms with Crippen LogP contribution in [0.3, 0.4) is 0 Å². The fourth-order valence-electron chi connectivity index (χ4n) is 5.27. The highest BCUT2D eigenvalue weighted by molar-refractivity contribution is 7.90. The number of benzene rings is 1. The summed E-state index contributed by atoms with van der Waals surface area (Å²) in [6.45, 7) is 0.534. The summed E-state index contributed by atoms with van der Waals surface area (Å²) in [7, 11) is -1.30. The molecule has 0 unspecified atom stereocenters. The molecule has 4 aromatic rings. The highest BCUT2D eigenvalue weighted by Gasteiger charge is 2.31. The van der Waals surface area contributed by atoms with E-state index in [9.17, 15) is 18.5 Å². The number of pyridine rings is 1.